The van der Waals surface area contributed by atoms with E-state index >= 15 is 0 Å². The first-order valence-corrected chi connectivity index (χ1v) is 7.55. The second-order valence-corrected chi connectivity index (χ2v) is 5.59. The van der Waals surface area contributed by atoms with Gasteiger partial charge in [-0.05, 0) is 18.9 Å². The summed E-state index contributed by atoms with van der Waals surface area (Å²) in [6.45, 7) is 0.620. The maximum absolute atomic E-state index is 12.7. The zero-order valence-corrected chi connectivity index (χ0v) is 13.9. The van der Waals surface area contributed by atoms with Crippen molar-refractivity contribution in [2.75, 3.05) is 25.6 Å². The second kappa shape index (κ2) is 5.36. The number of carbonyl (C=O) groups is 2. The van der Waals surface area contributed by atoms with Crippen molar-refractivity contribution in [1.82, 2.24) is 4.90 Å². The molecule has 1 fully saturated rings. The van der Waals surface area contributed by atoms with Crippen molar-refractivity contribution in [3.05, 3.63) is 17.7 Å². The lowest BCUT2D eigenvalue weighted by Crippen LogP contribution is -2.43. The third kappa shape index (κ3) is 2.14. The van der Waals surface area contributed by atoms with E-state index in [1.165, 1.54) is 7.11 Å². The van der Waals surface area contributed by atoms with Gasteiger partial charge in [0.1, 0.15) is 6.04 Å². The van der Waals surface area contributed by atoms with Gasteiger partial charge in [-0.2, -0.15) is 0 Å². The fraction of sp³-hybridized carbons (Fsp3) is 0.429. The number of likely N-dealkylation sites (N-methyl/N-ethyl adjacent to an activating group) is 1. The highest BCUT2D eigenvalue weighted by molar-refractivity contribution is 14.1. The summed E-state index contributed by atoms with van der Waals surface area (Å²) in [5, 5.41) is 0. The monoisotopic (exact) mass is 402 g/mol. The van der Waals surface area contributed by atoms with Crippen molar-refractivity contribution in [3.8, 4) is 11.5 Å². The van der Waals surface area contributed by atoms with E-state index in [0.29, 0.717) is 29.3 Å². The molecule has 2 aliphatic rings. The highest BCUT2D eigenvalue weighted by Gasteiger charge is 2.41. The molecule has 0 N–H and O–H groups in total. The van der Waals surface area contributed by atoms with Crippen LogP contribution in [-0.2, 0) is 4.79 Å². The molecule has 6 nitrogen and oxygen atoms in total. The van der Waals surface area contributed by atoms with E-state index in [1.807, 2.05) is 0 Å². The van der Waals surface area contributed by atoms with Gasteiger partial charge in [0.25, 0.3) is 5.91 Å². The highest BCUT2D eigenvalue weighted by Crippen LogP contribution is 2.39. The molecule has 2 amide bonds. The largest absolute Gasteiger partial charge is 0.493 e. The summed E-state index contributed by atoms with van der Waals surface area (Å²) in [4.78, 5) is 28.5. The summed E-state index contributed by atoms with van der Waals surface area (Å²) >= 11 is 1.75. The number of hydrogen-bond acceptors (Lipinski definition) is 4. The number of anilines is 1. The van der Waals surface area contributed by atoms with Gasteiger partial charge in [0.15, 0.2) is 34.5 Å². The molecule has 0 unspecified atom stereocenters. The molecule has 7 heteroatoms. The molecule has 2 aliphatic heterocycles. The van der Waals surface area contributed by atoms with Crippen LogP contribution in [0.1, 0.15) is 23.2 Å². The molecule has 0 aromatic heterocycles. The Morgan fingerprint density at radius 2 is 2.05 bits per heavy atom. The van der Waals surface area contributed by atoms with E-state index in [-0.39, 0.29) is 17.9 Å². The van der Waals surface area contributed by atoms with Crippen LogP contribution in [0, 0.1) is 0 Å². The van der Waals surface area contributed by atoms with Crippen LogP contribution < -0.4 is 12.7 Å². The van der Waals surface area contributed by atoms with Crippen LogP contribution in [0.3, 0.4) is 0 Å². The van der Waals surface area contributed by atoms with E-state index in [0.717, 1.165) is 12.8 Å². The summed E-state index contributed by atoms with van der Waals surface area (Å²) < 4.78 is 10.5. The maximum atomic E-state index is 12.7. The number of benzene rings is 1. The first-order chi connectivity index (χ1) is 10.1. The number of fused-ring (bicyclic) bond motifs is 2. The zero-order chi connectivity index (χ0) is 15.1. The molecule has 1 saturated heterocycles. The Bertz CT molecular complexity index is 619. The molecule has 0 aliphatic carbocycles. The first kappa shape index (κ1) is 14.4. The molecular weight excluding hydrogens is 387 g/mol. The molecule has 21 heavy (non-hydrogen) atoms. The van der Waals surface area contributed by atoms with Crippen LogP contribution in [0.25, 0.3) is 0 Å². The minimum Gasteiger partial charge on any atom is -0.493 e. The predicted molar refractivity (Wildman–Crippen MR) is 85.1 cm³/mol. The Hall–Kier alpha value is -1.51. The molecule has 1 aromatic rings. The molecule has 3 rings (SSSR count). The van der Waals surface area contributed by atoms with Crippen molar-refractivity contribution in [2.45, 2.75) is 18.9 Å². The fourth-order valence-electron chi connectivity index (χ4n) is 2.98. The lowest BCUT2D eigenvalue weighted by atomic mass is 10.1. The van der Waals surface area contributed by atoms with Gasteiger partial charge < -0.3 is 17.6 Å². The van der Waals surface area contributed by atoms with Crippen molar-refractivity contribution in [2.24, 2.45) is 0 Å². The van der Waals surface area contributed by atoms with Gasteiger partial charge in [0.05, 0.1) is 18.4 Å². The van der Waals surface area contributed by atoms with Crippen molar-refractivity contribution >= 4 is 40.5 Å². The topological polar surface area (TPSA) is 59.1 Å². The van der Waals surface area contributed by atoms with Gasteiger partial charge in [-0.25, -0.2) is 0 Å². The number of nitrogens with zero attached hydrogens (tertiary/aromatic N) is 2. The van der Waals surface area contributed by atoms with Crippen LogP contribution >= 0.6 is 23.0 Å². The molecule has 2 heterocycles. The summed E-state index contributed by atoms with van der Waals surface area (Å²) in [5.74, 6) is 0.800. The molecule has 0 saturated carbocycles. The Labute approximate surface area is 136 Å². The standard InChI is InChI=1S/C14H15IN2O4/c1-16-10-7-12(21-15)11(20-2)6-8(10)13(18)17-5-3-4-9(17)14(16)19/h6-7,9H,3-5H2,1-2H3/t9-/m0/s1. The maximum Gasteiger partial charge on any atom is 0.256 e. The van der Waals surface area contributed by atoms with Gasteiger partial charge in [-0.15, -0.1) is 0 Å². The van der Waals surface area contributed by atoms with E-state index in [4.69, 9.17) is 7.80 Å². The Kier molecular flexibility index (Phi) is 3.68. The van der Waals surface area contributed by atoms with Crippen LogP contribution in [0.4, 0.5) is 5.69 Å². The fourth-order valence-corrected chi connectivity index (χ4v) is 3.33. The first-order valence-electron chi connectivity index (χ1n) is 6.67. The minimum atomic E-state index is -0.357. The van der Waals surface area contributed by atoms with Crippen LogP contribution in [0.15, 0.2) is 12.1 Å². The van der Waals surface area contributed by atoms with Gasteiger partial charge in [0, 0.05) is 19.7 Å². The molecule has 0 bridgehead atoms. The average Bonchev–Trinajstić information content (AvgIpc) is 2.98. The zero-order valence-electron chi connectivity index (χ0n) is 11.8. The summed E-state index contributed by atoms with van der Waals surface area (Å²) in [6, 6.07) is 2.97. The number of methoxy groups -OCH3 is 1. The van der Waals surface area contributed by atoms with Gasteiger partial charge in [-0.3, -0.25) is 9.59 Å². The van der Waals surface area contributed by atoms with Crippen LogP contribution in [0.2, 0.25) is 0 Å². The van der Waals surface area contributed by atoms with Crippen LogP contribution in [-0.4, -0.2) is 43.5 Å². The average molecular weight is 402 g/mol. The lowest BCUT2D eigenvalue weighted by molar-refractivity contribution is -0.121. The highest BCUT2D eigenvalue weighted by atomic mass is 127. The Morgan fingerprint density at radius 1 is 1.29 bits per heavy atom. The second-order valence-electron chi connectivity index (χ2n) is 5.15. The van der Waals surface area contributed by atoms with Gasteiger partial charge in [-0.1, -0.05) is 0 Å². The van der Waals surface area contributed by atoms with Crippen molar-refractivity contribution < 1.29 is 17.4 Å². The molecule has 1 atom stereocenters. The molecule has 0 radical (unpaired) electrons. The SMILES string of the molecule is COc1cc2c(cc1OI)N(C)C(=O)[C@@H]1CCCN1C2=O. The molecular formula is C14H15IN2O4. The van der Waals surface area contributed by atoms with Gasteiger partial charge in [0.2, 0.25) is 5.91 Å². The summed E-state index contributed by atoms with van der Waals surface area (Å²) in [6.07, 6.45) is 1.58. The number of ether oxygens (including phenoxy) is 1. The van der Waals surface area contributed by atoms with Crippen molar-refractivity contribution in [3.63, 3.8) is 0 Å². The third-order valence-corrected chi connectivity index (χ3v) is 4.56. The molecule has 1 aromatic carbocycles. The number of hydrogen-bond donors (Lipinski definition) is 0. The number of carbonyl (C=O) groups excluding carboxylic acids is 2. The summed E-state index contributed by atoms with van der Waals surface area (Å²) in [7, 11) is 3.22. The van der Waals surface area contributed by atoms with E-state index in [1.54, 1.807) is 52.0 Å². The van der Waals surface area contributed by atoms with Crippen molar-refractivity contribution in [1.29, 1.82) is 0 Å². The smallest absolute Gasteiger partial charge is 0.256 e. The van der Waals surface area contributed by atoms with E-state index in [9.17, 15) is 9.59 Å². The molecule has 112 valence electrons. The number of rotatable bonds is 2. The van der Waals surface area contributed by atoms with E-state index in [2.05, 4.69) is 0 Å². The summed E-state index contributed by atoms with van der Waals surface area (Å²) in [5.41, 5.74) is 1.04. The van der Waals surface area contributed by atoms with Crippen LogP contribution in [0.5, 0.6) is 11.5 Å². The number of halogens is 1. The van der Waals surface area contributed by atoms with E-state index < -0.39 is 0 Å². The predicted octanol–water partition coefficient (Wildman–Crippen LogP) is 2.00. The Morgan fingerprint density at radius 3 is 2.71 bits per heavy atom. The number of amides is 2. The minimum absolute atomic E-state index is 0.0517. The lowest BCUT2D eigenvalue weighted by Gasteiger charge is -2.22. The molecule has 0 spiro atoms. The Balaban J connectivity index is 2.19. The third-order valence-electron chi connectivity index (χ3n) is 4.09. The normalized spacial score (nSPS) is 21.0. The van der Waals surface area contributed by atoms with Gasteiger partial charge >= 0.3 is 0 Å². The quantitative estimate of drug-likeness (QED) is 0.711.